The molecule has 47 heavy (non-hydrogen) atoms. The van der Waals surface area contributed by atoms with Crippen LogP contribution in [0.2, 0.25) is 0 Å². The zero-order chi connectivity index (χ0) is 31.0. The maximum atomic E-state index is 6.87. The van der Waals surface area contributed by atoms with Crippen LogP contribution < -0.4 is 16.2 Å². The molecular weight excluding hydrogens is 571 g/mol. The maximum Gasteiger partial charge on any atom is 0.198 e. The van der Waals surface area contributed by atoms with Gasteiger partial charge in [-0.1, -0.05) is 129 Å². The van der Waals surface area contributed by atoms with Crippen LogP contribution in [0.25, 0.3) is 71.3 Å². The number of aromatic nitrogens is 1. The van der Waals surface area contributed by atoms with E-state index in [1.807, 2.05) is 0 Å². The van der Waals surface area contributed by atoms with Crippen LogP contribution in [-0.2, 0) is 5.41 Å². The average molecular weight is 601 g/mol. The van der Waals surface area contributed by atoms with Crippen LogP contribution in [0, 0.1) is 0 Å². The summed E-state index contributed by atoms with van der Waals surface area (Å²) in [6.07, 6.45) is 0. The highest BCUT2D eigenvalue weighted by molar-refractivity contribution is 6.74. The lowest BCUT2D eigenvalue weighted by Crippen LogP contribution is -2.37. The van der Waals surface area contributed by atoms with Crippen LogP contribution in [0.4, 0.5) is 11.4 Å². The number of nitrogens with zero attached hydrogens (tertiary/aromatic N) is 1. The van der Waals surface area contributed by atoms with E-state index in [1.54, 1.807) is 0 Å². The largest absolute Gasteiger partial charge is 0.454 e. The summed E-state index contributed by atoms with van der Waals surface area (Å²) in [7, 11) is 0.826. The first kappa shape index (κ1) is 25.5. The first-order valence-electron chi connectivity index (χ1n) is 16.5. The van der Waals surface area contributed by atoms with Crippen molar-refractivity contribution in [3.8, 4) is 16.8 Å². The number of benzene rings is 7. The molecule has 220 valence electrons. The molecule has 0 bridgehead atoms. The van der Waals surface area contributed by atoms with Gasteiger partial charge in [-0.2, -0.15) is 0 Å². The van der Waals surface area contributed by atoms with Crippen LogP contribution in [0.5, 0.6) is 0 Å². The van der Waals surface area contributed by atoms with Crippen LogP contribution in [-0.4, -0.2) is 11.8 Å². The number of fused-ring (bicyclic) bond motifs is 13. The fraction of sp³-hybridized carbons (Fsp3) is 0.0698. The van der Waals surface area contributed by atoms with Gasteiger partial charge < -0.3 is 14.3 Å². The lowest BCUT2D eigenvalue weighted by Gasteiger charge is -2.37. The fourth-order valence-corrected chi connectivity index (χ4v) is 8.84. The summed E-state index contributed by atoms with van der Waals surface area (Å²) in [6, 6.07) is 46.7. The molecule has 2 aliphatic heterocycles. The lowest BCUT2D eigenvalue weighted by atomic mass is 9.58. The van der Waals surface area contributed by atoms with E-state index in [9.17, 15) is 0 Å². The minimum absolute atomic E-state index is 0.145. The van der Waals surface area contributed by atoms with Gasteiger partial charge in [0, 0.05) is 49.1 Å². The average Bonchev–Trinajstić information content (AvgIpc) is 3.65. The highest BCUT2D eigenvalue weighted by Gasteiger charge is 2.35. The van der Waals surface area contributed by atoms with Crippen molar-refractivity contribution in [2.75, 3.05) is 5.32 Å². The summed E-state index contributed by atoms with van der Waals surface area (Å²) in [5.74, 6) is 0. The summed E-state index contributed by atoms with van der Waals surface area (Å²) in [5, 5.41) is 11.3. The third kappa shape index (κ3) is 3.18. The number of nitrogens with one attached hydrogen (secondary N) is 1. The number of para-hydroxylation sites is 4. The van der Waals surface area contributed by atoms with Gasteiger partial charge in [0.15, 0.2) is 12.9 Å². The second-order valence-electron chi connectivity index (χ2n) is 13.8. The Morgan fingerprint density at radius 1 is 0.617 bits per heavy atom. The minimum atomic E-state index is -0.145. The maximum absolute atomic E-state index is 6.87. The van der Waals surface area contributed by atoms with Crippen molar-refractivity contribution in [1.82, 2.24) is 4.57 Å². The van der Waals surface area contributed by atoms with Crippen molar-refractivity contribution < 1.29 is 4.42 Å². The molecule has 0 aliphatic carbocycles. The molecule has 0 radical (unpaired) electrons. The van der Waals surface area contributed by atoms with Gasteiger partial charge in [-0.3, -0.25) is 0 Å². The highest BCUT2D eigenvalue weighted by Crippen LogP contribution is 2.50. The zero-order valence-electron chi connectivity index (χ0n) is 26.2. The van der Waals surface area contributed by atoms with E-state index in [1.165, 1.54) is 77.1 Å². The van der Waals surface area contributed by atoms with E-state index in [4.69, 9.17) is 4.42 Å². The quantitative estimate of drug-likeness (QED) is 0.190. The van der Waals surface area contributed by atoms with Gasteiger partial charge in [-0.15, -0.1) is 0 Å². The fourth-order valence-electron chi connectivity index (χ4n) is 8.84. The molecule has 0 atom stereocenters. The third-order valence-electron chi connectivity index (χ3n) is 11.0. The molecule has 7 aromatic carbocycles. The zero-order valence-corrected chi connectivity index (χ0v) is 26.2. The van der Waals surface area contributed by atoms with Crippen molar-refractivity contribution >= 4 is 84.1 Å². The van der Waals surface area contributed by atoms with Gasteiger partial charge in [0.1, 0.15) is 5.58 Å². The first-order valence-corrected chi connectivity index (χ1v) is 16.5. The molecule has 0 spiro atoms. The number of hydrogen-bond acceptors (Lipinski definition) is 2. The monoisotopic (exact) mass is 600 g/mol. The van der Waals surface area contributed by atoms with Gasteiger partial charge in [-0.05, 0) is 45.7 Å². The smallest absolute Gasteiger partial charge is 0.198 e. The molecule has 4 heteroatoms. The Labute approximate surface area is 272 Å². The Morgan fingerprint density at radius 2 is 1.36 bits per heavy atom. The van der Waals surface area contributed by atoms with Gasteiger partial charge in [-0.25, -0.2) is 0 Å². The van der Waals surface area contributed by atoms with E-state index in [0.29, 0.717) is 0 Å². The molecule has 0 fully saturated rings. The third-order valence-corrected chi connectivity index (χ3v) is 11.0. The summed E-state index contributed by atoms with van der Waals surface area (Å²) < 4.78 is 9.41. The Hall–Kier alpha value is -5.74. The molecule has 2 aliphatic rings. The van der Waals surface area contributed by atoms with Gasteiger partial charge in [0.25, 0.3) is 0 Å². The number of anilines is 2. The Morgan fingerprint density at radius 3 is 2.30 bits per heavy atom. The molecule has 2 aromatic heterocycles. The van der Waals surface area contributed by atoms with Crippen molar-refractivity contribution in [2.45, 2.75) is 19.3 Å². The SMILES string of the molecule is CC1(C)c2ccccc2Nc2c(-c3cc4c(oc5ccccc54)c4c3Bc3cccc5c6ccc7ccccc7c6n-4c35)cccc21. The molecule has 9 aromatic rings. The van der Waals surface area contributed by atoms with Gasteiger partial charge >= 0.3 is 0 Å². The van der Waals surface area contributed by atoms with E-state index in [2.05, 4.69) is 151 Å². The van der Waals surface area contributed by atoms with Crippen LogP contribution in [0.3, 0.4) is 0 Å². The Balaban J connectivity index is 1.33. The standard InChI is InChI=1S/C43H29BN2O/c1-43(2)32-16-6-7-19-35(32)45-38-27(14-9-17-33(38)43)30-23-31-26-13-5-8-20-36(26)47-42(31)41-37(30)44-34-18-10-15-28-29-22-21-24-11-3-4-12-25(24)39(29)46(41)40(28)34/h3-23,44-45H,1-2H3. The van der Waals surface area contributed by atoms with Crippen LogP contribution >= 0.6 is 0 Å². The number of furan rings is 1. The highest BCUT2D eigenvalue weighted by atomic mass is 16.3. The molecule has 3 nitrogen and oxygen atoms in total. The van der Waals surface area contributed by atoms with Gasteiger partial charge in [0.05, 0.1) is 16.9 Å². The molecule has 1 N–H and O–H groups in total. The first-order chi connectivity index (χ1) is 23.1. The lowest BCUT2D eigenvalue weighted by molar-refractivity contribution is 0.638. The van der Waals surface area contributed by atoms with Crippen molar-refractivity contribution in [3.63, 3.8) is 0 Å². The summed E-state index contributed by atoms with van der Waals surface area (Å²) in [5.41, 5.74) is 15.6. The van der Waals surface area contributed by atoms with Crippen molar-refractivity contribution in [2.24, 2.45) is 0 Å². The van der Waals surface area contributed by atoms with Crippen molar-refractivity contribution in [1.29, 1.82) is 0 Å². The normalized spacial score (nSPS) is 14.3. The molecule has 0 saturated carbocycles. The molecule has 0 amide bonds. The summed E-state index contributed by atoms with van der Waals surface area (Å²) in [4.78, 5) is 0. The Kier molecular flexibility index (Phi) is 4.74. The van der Waals surface area contributed by atoms with E-state index in [-0.39, 0.29) is 5.41 Å². The molecule has 4 heterocycles. The summed E-state index contributed by atoms with van der Waals surface area (Å²) in [6.45, 7) is 4.70. The molecule has 0 saturated heterocycles. The topological polar surface area (TPSA) is 30.1 Å². The summed E-state index contributed by atoms with van der Waals surface area (Å²) >= 11 is 0. The second kappa shape index (κ2) is 8.74. The number of rotatable bonds is 1. The molecule has 11 rings (SSSR count). The predicted octanol–water partition coefficient (Wildman–Crippen LogP) is 9.59. The van der Waals surface area contributed by atoms with E-state index in [0.717, 1.165) is 34.9 Å². The van der Waals surface area contributed by atoms with Crippen LogP contribution in [0.15, 0.2) is 132 Å². The van der Waals surface area contributed by atoms with E-state index < -0.39 is 0 Å². The molecule has 0 unspecified atom stereocenters. The van der Waals surface area contributed by atoms with Crippen LogP contribution in [0.1, 0.15) is 25.0 Å². The number of hydrogen-bond donors (Lipinski definition) is 1. The van der Waals surface area contributed by atoms with Crippen molar-refractivity contribution in [3.05, 3.63) is 139 Å². The predicted molar refractivity (Wildman–Crippen MR) is 199 cm³/mol. The second-order valence-corrected chi connectivity index (χ2v) is 13.8. The Bertz CT molecular complexity index is 2840. The molecular formula is C43H29BN2O. The van der Waals surface area contributed by atoms with Gasteiger partial charge in [0.2, 0.25) is 0 Å². The van der Waals surface area contributed by atoms with E-state index >= 15 is 0 Å². The minimum Gasteiger partial charge on any atom is -0.454 e.